The van der Waals surface area contributed by atoms with Crippen molar-refractivity contribution < 1.29 is 37.5 Å². The average molecular weight is 238 g/mol. The minimum atomic E-state index is -0.194. The second kappa shape index (κ2) is 8.89. The van der Waals surface area contributed by atoms with Gasteiger partial charge >= 0.3 is 0 Å². The molecular weight excluding hydrogens is 227 g/mol. The van der Waals surface area contributed by atoms with Gasteiger partial charge in [0.05, 0.1) is 5.78 Å². The standard InChI is InChI=1S/C9H11NO.Y/c1-4-5-6-9(11)7-8-10(2)3;/h1,4-5,7-8H,2-3H3;/q-2;/b8-7+;. The zero-order valence-electron chi connectivity index (χ0n) is 7.32. The molecule has 0 saturated carbocycles. The number of carbonyl (C=O) groups excluding carboxylic acids is 1. The van der Waals surface area contributed by atoms with E-state index in [9.17, 15) is 4.79 Å². The van der Waals surface area contributed by atoms with Crippen molar-refractivity contribution in [1.29, 1.82) is 0 Å². The monoisotopic (exact) mass is 238 g/mol. The number of nitrogens with zero attached hydrogens (tertiary/aromatic N) is 1. The zero-order valence-corrected chi connectivity index (χ0v) is 10.2. The third kappa shape index (κ3) is 9.79. The molecule has 0 aromatic heterocycles. The quantitative estimate of drug-likeness (QED) is 0.413. The molecule has 0 atom stereocenters. The van der Waals surface area contributed by atoms with Crippen molar-refractivity contribution in [3.05, 3.63) is 37.1 Å². The summed E-state index contributed by atoms with van der Waals surface area (Å²) in [6.07, 6.45) is 8.14. The topological polar surface area (TPSA) is 20.3 Å². The summed E-state index contributed by atoms with van der Waals surface area (Å²) in [7, 11) is 3.67. The van der Waals surface area contributed by atoms with Gasteiger partial charge in [-0.05, 0) is 0 Å². The zero-order chi connectivity index (χ0) is 8.69. The molecule has 12 heavy (non-hydrogen) atoms. The summed E-state index contributed by atoms with van der Waals surface area (Å²) in [5.41, 5.74) is 0. The van der Waals surface area contributed by atoms with Crippen LogP contribution in [0.1, 0.15) is 0 Å². The molecule has 0 rings (SSSR count). The summed E-state index contributed by atoms with van der Waals surface area (Å²) in [5, 5.41) is 0. The van der Waals surface area contributed by atoms with Crippen molar-refractivity contribution >= 4 is 5.78 Å². The molecule has 0 aliphatic rings. The van der Waals surface area contributed by atoms with E-state index in [0.29, 0.717) is 0 Å². The smallest absolute Gasteiger partial charge is 0.0514 e. The normalized spacial score (nSPS) is 9.83. The molecule has 63 valence electrons. The van der Waals surface area contributed by atoms with E-state index in [-0.39, 0.29) is 38.5 Å². The van der Waals surface area contributed by atoms with Gasteiger partial charge in [-0.15, -0.1) is 0 Å². The summed E-state index contributed by atoms with van der Waals surface area (Å²) in [6, 6.07) is 0. The molecular formula is C9H11NOY-2. The van der Waals surface area contributed by atoms with Gasteiger partial charge in [0.15, 0.2) is 0 Å². The maximum Gasteiger partial charge on any atom is 0.0514 e. The predicted octanol–water partition coefficient (Wildman–Crippen LogP) is 0.977. The fourth-order valence-electron chi connectivity index (χ4n) is 0.395. The molecule has 0 N–H and O–H groups in total. The largest absolute Gasteiger partial charge is 0.394 e. The van der Waals surface area contributed by atoms with Crippen molar-refractivity contribution in [3.8, 4) is 0 Å². The summed E-state index contributed by atoms with van der Waals surface area (Å²) in [4.78, 5) is 12.5. The van der Waals surface area contributed by atoms with Crippen molar-refractivity contribution in [1.82, 2.24) is 4.90 Å². The first-order chi connectivity index (χ1) is 5.16. The summed E-state index contributed by atoms with van der Waals surface area (Å²) >= 11 is 0. The SMILES string of the molecule is [CH-]=CC=[C-]C(=O)/C=C/N(C)C.[Y]. The van der Waals surface area contributed by atoms with E-state index in [1.54, 1.807) is 11.1 Å². The minimum absolute atomic E-state index is 0. The molecule has 0 fully saturated rings. The summed E-state index contributed by atoms with van der Waals surface area (Å²) < 4.78 is 0. The van der Waals surface area contributed by atoms with Crippen LogP contribution >= 0.6 is 0 Å². The molecule has 0 saturated heterocycles. The van der Waals surface area contributed by atoms with Crippen LogP contribution in [-0.2, 0) is 37.5 Å². The number of hydrogen-bond acceptors (Lipinski definition) is 2. The summed E-state index contributed by atoms with van der Waals surface area (Å²) in [5.74, 6) is -0.194. The van der Waals surface area contributed by atoms with E-state index in [2.05, 4.69) is 6.08 Å². The Kier molecular flexibility index (Phi) is 10.6. The Morgan fingerprint density at radius 1 is 1.50 bits per heavy atom. The first-order valence-corrected chi connectivity index (χ1v) is 3.18. The predicted molar refractivity (Wildman–Crippen MR) is 44.5 cm³/mol. The van der Waals surface area contributed by atoms with Crippen LogP contribution in [0.3, 0.4) is 0 Å². The maximum atomic E-state index is 10.8. The molecule has 0 spiro atoms. The van der Waals surface area contributed by atoms with Crippen LogP contribution in [-0.4, -0.2) is 24.8 Å². The third-order valence-electron chi connectivity index (χ3n) is 0.846. The molecule has 1 radical (unpaired) electrons. The van der Waals surface area contributed by atoms with E-state index in [1.165, 1.54) is 18.2 Å². The van der Waals surface area contributed by atoms with Crippen LogP contribution in [0.5, 0.6) is 0 Å². The van der Waals surface area contributed by atoms with Gasteiger partial charge in [-0.3, -0.25) is 0 Å². The van der Waals surface area contributed by atoms with Gasteiger partial charge < -0.3 is 28.4 Å². The third-order valence-corrected chi connectivity index (χ3v) is 0.846. The second-order valence-corrected chi connectivity index (χ2v) is 2.15. The Labute approximate surface area is 98.9 Å². The molecule has 0 heterocycles. The summed E-state index contributed by atoms with van der Waals surface area (Å²) in [6.45, 7) is 5.00. The number of ketones is 1. The number of allylic oxidation sites excluding steroid dienone is 4. The molecule has 0 unspecified atom stereocenters. The van der Waals surface area contributed by atoms with Crippen molar-refractivity contribution in [2.75, 3.05) is 14.1 Å². The average Bonchev–Trinajstić information content (AvgIpc) is 1.97. The van der Waals surface area contributed by atoms with Crippen LogP contribution in [0.15, 0.2) is 24.4 Å². The van der Waals surface area contributed by atoms with Crippen molar-refractivity contribution in [2.45, 2.75) is 0 Å². The molecule has 0 aliphatic carbocycles. The fourth-order valence-corrected chi connectivity index (χ4v) is 0.395. The van der Waals surface area contributed by atoms with Gasteiger partial charge in [0, 0.05) is 46.8 Å². The van der Waals surface area contributed by atoms with Crippen LogP contribution in [0, 0.1) is 12.7 Å². The van der Waals surface area contributed by atoms with Gasteiger partial charge in [0.25, 0.3) is 0 Å². The Morgan fingerprint density at radius 3 is 2.50 bits per heavy atom. The van der Waals surface area contributed by atoms with E-state index in [1.807, 2.05) is 14.1 Å². The Hall–Kier alpha value is -0.206. The van der Waals surface area contributed by atoms with Gasteiger partial charge in [0.2, 0.25) is 0 Å². The van der Waals surface area contributed by atoms with Crippen molar-refractivity contribution in [2.24, 2.45) is 0 Å². The first-order valence-electron chi connectivity index (χ1n) is 3.18. The van der Waals surface area contributed by atoms with E-state index in [4.69, 9.17) is 6.58 Å². The fraction of sp³-hybridized carbons (Fsp3) is 0.222. The first kappa shape index (κ1) is 14.3. The van der Waals surface area contributed by atoms with Gasteiger partial charge in [0.1, 0.15) is 0 Å². The van der Waals surface area contributed by atoms with Crippen molar-refractivity contribution in [3.63, 3.8) is 0 Å². The van der Waals surface area contributed by atoms with E-state index < -0.39 is 0 Å². The molecule has 2 nitrogen and oxygen atoms in total. The van der Waals surface area contributed by atoms with Crippen LogP contribution in [0.25, 0.3) is 0 Å². The van der Waals surface area contributed by atoms with Crippen LogP contribution in [0.2, 0.25) is 0 Å². The second-order valence-electron chi connectivity index (χ2n) is 2.15. The molecule has 0 bridgehead atoms. The van der Waals surface area contributed by atoms with Crippen LogP contribution < -0.4 is 0 Å². The molecule has 0 amide bonds. The number of hydrogen-bond donors (Lipinski definition) is 0. The minimum Gasteiger partial charge on any atom is -0.394 e. The Bertz CT molecular complexity index is 195. The van der Waals surface area contributed by atoms with Gasteiger partial charge in [-0.2, -0.15) is 0 Å². The molecule has 3 heteroatoms. The molecule has 0 aromatic carbocycles. The molecule has 0 aliphatic heterocycles. The maximum absolute atomic E-state index is 10.8. The Morgan fingerprint density at radius 2 is 2.08 bits per heavy atom. The Balaban J connectivity index is 0. The van der Waals surface area contributed by atoms with Gasteiger partial charge in [-0.25, -0.2) is 6.08 Å². The van der Waals surface area contributed by atoms with Crippen LogP contribution in [0.4, 0.5) is 0 Å². The van der Waals surface area contributed by atoms with E-state index >= 15 is 0 Å². The van der Waals surface area contributed by atoms with E-state index in [0.717, 1.165) is 0 Å². The number of rotatable bonds is 4. The molecule has 0 aromatic rings. The number of carbonyl (C=O) groups is 1. The van der Waals surface area contributed by atoms with Gasteiger partial charge in [-0.1, -0.05) is 12.3 Å².